The lowest BCUT2D eigenvalue weighted by Gasteiger charge is -2.29. The third-order valence-electron chi connectivity index (χ3n) is 5.41. The summed E-state index contributed by atoms with van der Waals surface area (Å²) in [4.78, 5) is 25.5. The molecule has 0 bridgehead atoms. The molecule has 0 radical (unpaired) electrons. The SMILES string of the molecule is CCOC(=O)C1(NC(=O)OC(C)(C)C)Cc2cc3cc4ccccc4cc3cc2C1. The van der Waals surface area contributed by atoms with Gasteiger partial charge in [-0.3, -0.25) is 0 Å². The summed E-state index contributed by atoms with van der Waals surface area (Å²) in [5.74, 6) is -0.429. The molecule has 5 nitrogen and oxygen atoms in total. The van der Waals surface area contributed by atoms with Crippen LogP contribution in [0.2, 0.25) is 0 Å². The predicted octanol–water partition coefficient (Wildman–Crippen LogP) is 4.92. The van der Waals surface area contributed by atoms with E-state index in [4.69, 9.17) is 9.47 Å². The summed E-state index contributed by atoms with van der Waals surface area (Å²) in [7, 11) is 0. The van der Waals surface area contributed by atoms with Gasteiger partial charge in [0.15, 0.2) is 0 Å². The molecule has 30 heavy (non-hydrogen) atoms. The van der Waals surface area contributed by atoms with Crippen molar-refractivity contribution in [2.24, 2.45) is 0 Å². The van der Waals surface area contributed by atoms with E-state index in [2.05, 4.69) is 41.7 Å². The Balaban J connectivity index is 1.72. The number of nitrogens with one attached hydrogen (secondary N) is 1. The maximum atomic E-state index is 12.9. The molecular weight excluding hydrogens is 378 g/mol. The standard InChI is InChI=1S/C25H27NO4/c1-5-29-22(27)25(26-23(28)30-24(2,3)4)14-20-12-18-10-16-8-6-7-9-17(16)11-19(18)13-21(20)15-25/h6-13H,5,14-15H2,1-4H3,(H,26,28). The number of hydrogen-bond donors (Lipinski definition) is 1. The Morgan fingerprint density at radius 3 is 1.93 bits per heavy atom. The molecule has 0 atom stereocenters. The van der Waals surface area contributed by atoms with Crippen molar-refractivity contribution in [2.75, 3.05) is 6.61 Å². The number of carbonyl (C=O) groups excluding carboxylic acids is 2. The molecule has 156 valence electrons. The second kappa shape index (κ2) is 7.31. The van der Waals surface area contributed by atoms with Crippen molar-refractivity contribution in [1.82, 2.24) is 5.32 Å². The molecule has 0 saturated heterocycles. The minimum Gasteiger partial charge on any atom is -0.464 e. The third-order valence-corrected chi connectivity index (χ3v) is 5.41. The first-order valence-corrected chi connectivity index (χ1v) is 10.3. The highest BCUT2D eigenvalue weighted by Crippen LogP contribution is 2.36. The zero-order chi connectivity index (χ0) is 21.5. The fourth-order valence-electron chi connectivity index (χ4n) is 4.18. The summed E-state index contributed by atoms with van der Waals surface area (Å²) in [6.07, 6.45) is 0.144. The van der Waals surface area contributed by atoms with Crippen LogP contribution in [0.15, 0.2) is 48.5 Å². The van der Waals surface area contributed by atoms with Crippen molar-refractivity contribution in [3.8, 4) is 0 Å². The first kappa shape index (κ1) is 20.2. The molecule has 3 aromatic carbocycles. The average molecular weight is 405 g/mol. The number of rotatable bonds is 3. The third kappa shape index (κ3) is 3.84. The van der Waals surface area contributed by atoms with E-state index in [0.29, 0.717) is 12.8 Å². The van der Waals surface area contributed by atoms with E-state index in [1.54, 1.807) is 27.7 Å². The van der Waals surface area contributed by atoms with Gasteiger partial charge in [-0.25, -0.2) is 9.59 Å². The van der Waals surface area contributed by atoms with Crippen LogP contribution in [-0.4, -0.2) is 29.8 Å². The molecule has 5 heteroatoms. The van der Waals surface area contributed by atoms with E-state index in [1.807, 2.05) is 12.1 Å². The predicted molar refractivity (Wildman–Crippen MR) is 118 cm³/mol. The molecule has 1 aliphatic carbocycles. The number of alkyl carbamates (subject to hydrolysis) is 1. The molecule has 0 aliphatic heterocycles. The van der Waals surface area contributed by atoms with Crippen LogP contribution < -0.4 is 5.32 Å². The van der Waals surface area contributed by atoms with Gasteiger partial charge in [0.25, 0.3) is 0 Å². The number of carbonyl (C=O) groups is 2. The van der Waals surface area contributed by atoms with Gasteiger partial charge in [-0.15, -0.1) is 0 Å². The number of ether oxygens (including phenoxy) is 2. The van der Waals surface area contributed by atoms with E-state index in [9.17, 15) is 9.59 Å². The Morgan fingerprint density at radius 1 is 0.933 bits per heavy atom. The summed E-state index contributed by atoms with van der Waals surface area (Å²) in [6.45, 7) is 7.40. The van der Waals surface area contributed by atoms with E-state index >= 15 is 0 Å². The molecule has 1 N–H and O–H groups in total. The van der Waals surface area contributed by atoms with E-state index in [1.165, 1.54) is 10.8 Å². The van der Waals surface area contributed by atoms with Gasteiger partial charge in [0.2, 0.25) is 0 Å². The highest BCUT2D eigenvalue weighted by atomic mass is 16.6. The minimum absolute atomic E-state index is 0.250. The largest absolute Gasteiger partial charge is 0.464 e. The van der Waals surface area contributed by atoms with Crippen LogP contribution in [-0.2, 0) is 27.1 Å². The van der Waals surface area contributed by atoms with E-state index < -0.39 is 23.2 Å². The summed E-state index contributed by atoms with van der Waals surface area (Å²) in [6, 6.07) is 16.8. The monoisotopic (exact) mass is 405 g/mol. The molecular formula is C25H27NO4. The fraction of sp³-hybridized carbons (Fsp3) is 0.360. The number of esters is 1. The summed E-state index contributed by atoms with van der Waals surface area (Å²) < 4.78 is 10.8. The minimum atomic E-state index is -1.16. The second-order valence-electron chi connectivity index (χ2n) is 8.95. The van der Waals surface area contributed by atoms with Gasteiger partial charge in [0.1, 0.15) is 11.1 Å². The lowest BCUT2D eigenvalue weighted by molar-refractivity contribution is -0.150. The summed E-state index contributed by atoms with van der Waals surface area (Å²) >= 11 is 0. The topological polar surface area (TPSA) is 64.6 Å². The molecule has 1 amide bonds. The van der Waals surface area contributed by atoms with Gasteiger partial charge in [-0.05, 0) is 72.5 Å². The van der Waals surface area contributed by atoms with Crippen molar-refractivity contribution in [2.45, 2.75) is 51.7 Å². The number of fused-ring (bicyclic) bond motifs is 3. The first-order chi connectivity index (χ1) is 14.2. The van der Waals surface area contributed by atoms with Crippen molar-refractivity contribution >= 4 is 33.6 Å². The van der Waals surface area contributed by atoms with Crippen molar-refractivity contribution < 1.29 is 19.1 Å². The maximum Gasteiger partial charge on any atom is 0.408 e. The van der Waals surface area contributed by atoms with Gasteiger partial charge in [0.05, 0.1) is 6.61 Å². The smallest absolute Gasteiger partial charge is 0.408 e. The quantitative estimate of drug-likeness (QED) is 0.496. The lowest BCUT2D eigenvalue weighted by atomic mass is 9.96. The molecule has 3 aromatic rings. The molecule has 0 saturated carbocycles. The Hall–Kier alpha value is -3.08. The van der Waals surface area contributed by atoms with Gasteiger partial charge < -0.3 is 14.8 Å². The fourth-order valence-corrected chi connectivity index (χ4v) is 4.18. The van der Waals surface area contributed by atoms with Crippen LogP contribution in [0.3, 0.4) is 0 Å². The van der Waals surface area contributed by atoms with Crippen molar-refractivity contribution in [1.29, 1.82) is 0 Å². The maximum absolute atomic E-state index is 12.9. The second-order valence-corrected chi connectivity index (χ2v) is 8.95. The highest BCUT2D eigenvalue weighted by Gasteiger charge is 2.47. The molecule has 0 unspecified atom stereocenters. The molecule has 0 aromatic heterocycles. The van der Waals surface area contributed by atoms with Gasteiger partial charge in [0, 0.05) is 12.8 Å². The number of hydrogen-bond acceptors (Lipinski definition) is 4. The Bertz CT molecular complexity index is 1080. The van der Waals surface area contributed by atoms with Gasteiger partial charge in [-0.2, -0.15) is 0 Å². The molecule has 1 aliphatic rings. The Morgan fingerprint density at radius 2 is 1.47 bits per heavy atom. The van der Waals surface area contributed by atoms with Crippen molar-refractivity contribution in [3.63, 3.8) is 0 Å². The van der Waals surface area contributed by atoms with Crippen LogP contribution >= 0.6 is 0 Å². The first-order valence-electron chi connectivity index (χ1n) is 10.3. The Labute approximate surface area is 176 Å². The van der Waals surface area contributed by atoms with Gasteiger partial charge in [-0.1, -0.05) is 36.4 Å². The van der Waals surface area contributed by atoms with Crippen LogP contribution in [0.5, 0.6) is 0 Å². The number of benzene rings is 3. The van der Waals surface area contributed by atoms with Crippen LogP contribution in [0.1, 0.15) is 38.8 Å². The zero-order valence-electron chi connectivity index (χ0n) is 17.9. The summed E-state index contributed by atoms with van der Waals surface area (Å²) in [5, 5.41) is 7.41. The normalized spacial score (nSPS) is 15.1. The molecule has 0 heterocycles. The number of amides is 1. The Kier molecular flexibility index (Phi) is 4.92. The zero-order valence-corrected chi connectivity index (χ0v) is 17.9. The van der Waals surface area contributed by atoms with Gasteiger partial charge >= 0.3 is 12.1 Å². The summed E-state index contributed by atoms with van der Waals surface area (Å²) in [5.41, 5.74) is 0.279. The van der Waals surface area contributed by atoms with Crippen molar-refractivity contribution in [3.05, 3.63) is 59.7 Å². The molecule has 0 fully saturated rings. The van der Waals surface area contributed by atoms with E-state index in [0.717, 1.165) is 21.9 Å². The van der Waals surface area contributed by atoms with E-state index in [-0.39, 0.29) is 6.61 Å². The van der Waals surface area contributed by atoms with Crippen LogP contribution in [0.25, 0.3) is 21.5 Å². The molecule has 0 spiro atoms. The molecule has 4 rings (SSSR count). The van der Waals surface area contributed by atoms with Crippen LogP contribution in [0, 0.1) is 0 Å². The highest BCUT2D eigenvalue weighted by molar-refractivity contribution is 5.99. The lowest BCUT2D eigenvalue weighted by Crippen LogP contribution is -2.57. The average Bonchev–Trinajstić information content (AvgIpc) is 3.00. The van der Waals surface area contributed by atoms with Crippen LogP contribution in [0.4, 0.5) is 4.79 Å².